The second-order valence-electron chi connectivity index (χ2n) is 15.5. The van der Waals surface area contributed by atoms with Gasteiger partial charge in [-0.2, -0.15) is 28.5 Å². The molecule has 0 fully saturated rings. The molecule has 0 amide bonds. The summed E-state index contributed by atoms with van der Waals surface area (Å²) >= 11 is 1.62. The third-order valence-electron chi connectivity index (χ3n) is 10.0. The largest absolute Gasteiger partial charge is 2.00 e. The van der Waals surface area contributed by atoms with Crippen LogP contribution < -0.4 is 4.74 Å². The van der Waals surface area contributed by atoms with Gasteiger partial charge in [0, 0.05) is 28.3 Å². The minimum atomic E-state index is -0.176. The molecule has 0 saturated carbocycles. The molecule has 0 aliphatic rings. The molecule has 5 heterocycles. The van der Waals surface area contributed by atoms with E-state index < -0.39 is 0 Å². The molecule has 0 saturated heterocycles. The minimum Gasteiger partial charge on any atom is -0.421 e. The first-order valence-corrected chi connectivity index (χ1v) is 19.3. The molecule has 0 N–H and O–H groups in total. The van der Waals surface area contributed by atoms with Crippen molar-refractivity contribution < 1.29 is 25.8 Å². The van der Waals surface area contributed by atoms with Gasteiger partial charge in [-0.15, -0.1) is 52.2 Å². The number of fused-ring (bicyclic) bond motifs is 6. The first kappa shape index (κ1) is 36.8. The smallest absolute Gasteiger partial charge is 0.421 e. The first-order valence-electron chi connectivity index (χ1n) is 18.5. The number of ether oxygens (including phenoxy) is 1. The van der Waals surface area contributed by atoms with E-state index in [4.69, 9.17) is 14.7 Å². The molecule has 7 nitrogen and oxygen atoms in total. The van der Waals surface area contributed by atoms with Crippen molar-refractivity contribution in [3.63, 3.8) is 0 Å². The van der Waals surface area contributed by atoms with E-state index in [1.165, 1.54) is 16.7 Å². The van der Waals surface area contributed by atoms with Crippen molar-refractivity contribution in [2.45, 2.75) is 65.7 Å². The van der Waals surface area contributed by atoms with Gasteiger partial charge in [0.05, 0.1) is 5.52 Å². The van der Waals surface area contributed by atoms with E-state index in [1.54, 1.807) is 11.3 Å². The Hall–Kier alpha value is -5.17. The molecular weight excluding hydrogens is 880 g/mol. The maximum Gasteiger partial charge on any atom is 2.00 e. The summed E-state index contributed by atoms with van der Waals surface area (Å²) in [4.78, 5) is 11.1. The van der Waals surface area contributed by atoms with Gasteiger partial charge in [-0.3, -0.25) is 9.38 Å². The average Bonchev–Trinajstić information content (AvgIpc) is 3.84. The van der Waals surface area contributed by atoms with Gasteiger partial charge >= 0.3 is 21.1 Å². The third kappa shape index (κ3) is 6.45. The molecular formula is C46H40N6OPtS. The summed E-state index contributed by atoms with van der Waals surface area (Å²) in [5.41, 5.74) is 10.1. The number of benzene rings is 4. The zero-order valence-electron chi connectivity index (χ0n) is 31.8. The number of aromatic nitrogens is 6. The van der Waals surface area contributed by atoms with Gasteiger partial charge in [-0.05, 0) is 57.4 Å². The minimum absolute atomic E-state index is 0. The Balaban J connectivity index is 0.00000427. The second-order valence-corrected chi connectivity index (χ2v) is 16.5. The van der Waals surface area contributed by atoms with E-state index in [0.717, 1.165) is 65.4 Å². The van der Waals surface area contributed by atoms with Crippen LogP contribution in [0.25, 0.3) is 65.2 Å². The maximum atomic E-state index is 6.68. The van der Waals surface area contributed by atoms with Gasteiger partial charge in [0.15, 0.2) is 0 Å². The number of nitrogens with zero attached hydrogens (tertiary/aromatic N) is 6. The molecule has 9 heteroatoms. The fourth-order valence-electron chi connectivity index (χ4n) is 7.49. The van der Waals surface area contributed by atoms with E-state index in [2.05, 4.69) is 153 Å². The normalized spacial score (nSPS) is 12.1. The van der Waals surface area contributed by atoms with Crippen LogP contribution in [-0.4, -0.2) is 29.1 Å². The molecule has 0 unspecified atom stereocenters. The summed E-state index contributed by atoms with van der Waals surface area (Å²) < 4.78 is 12.1. The van der Waals surface area contributed by atoms with Crippen molar-refractivity contribution in [1.29, 1.82) is 0 Å². The average molecular weight is 920 g/mol. The van der Waals surface area contributed by atoms with Crippen molar-refractivity contribution >= 4 is 48.5 Å². The molecule has 0 atom stereocenters. The Labute approximate surface area is 339 Å². The van der Waals surface area contributed by atoms with Gasteiger partial charge in [0.25, 0.3) is 0 Å². The molecule has 0 aliphatic carbocycles. The Kier molecular flexibility index (Phi) is 9.47. The Morgan fingerprint density at radius 1 is 0.727 bits per heavy atom. The van der Waals surface area contributed by atoms with E-state index in [9.17, 15) is 0 Å². The molecule has 0 radical (unpaired) electrons. The van der Waals surface area contributed by atoms with E-state index in [-0.39, 0.29) is 26.5 Å². The summed E-state index contributed by atoms with van der Waals surface area (Å²) in [7, 11) is 0. The Morgan fingerprint density at radius 2 is 1.49 bits per heavy atom. The van der Waals surface area contributed by atoms with Crippen LogP contribution >= 0.6 is 11.3 Å². The van der Waals surface area contributed by atoms with Gasteiger partial charge in [0.1, 0.15) is 11.5 Å². The summed E-state index contributed by atoms with van der Waals surface area (Å²) in [6.45, 7) is 15.5. The molecule has 9 rings (SSSR count). The van der Waals surface area contributed by atoms with Crippen LogP contribution in [0.5, 0.6) is 11.8 Å². The molecule has 276 valence electrons. The van der Waals surface area contributed by atoms with Crippen molar-refractivity contribution in [3.05, 3.63) is 132 Å². The van der Waals surface area contributed by atoms with Crippen LogP contribution in [0.2, 0.25) is 0 Å². The number of thiazole rings is 1. The molecule has 4 aromatic carbocycles. The van der Waals surface area contributed by atoms with Crippen molar-refractivity contribution in [1.82, 2.24) is 29.1 Å². The predicted octanol–water partition coefficient (Wildman–Crippen LogP) is 12.1. The molecule has 0 aliphatic heterocycles. The molecule has 0 spiro atoms. The first-order chi connectivity index (χ1) is 26.0. The van der Waals surface area contributed by atoms with Crippen LogP contribution in [0.1, 0.15) is 77.3 Å². The fourth-order valence-corrected chi connectivity index (χ4v) is 8.41. The molecule has 0 bridgehead atoms. The number of para-hydroxylation sites is 1. The van der Waals surface area contributed by atoms with E-state index >= 15 is 0 Å². The molecule has 5 aromatic heterocycles. The summed E-state index contributed by atoms with van der Waals surface area (Å²) in [6.07, 6.45) is 0. The van der Waals surface area contributed by atoms with Crippen LogP contribution in [-0.2, 0) is 26.5 Å². The SMILES string of the molecule is CC(C)c1cccc(C(C)C)c1-c1cc(Oc2ccc3c4ccccc4n(-c4[c-]cc5sc6nnc(C(C)(C)C)n6c5c4)c3n2)nc(-c2[c-]cccc2)c1.[Pt+2]. The predicted molar refractivity (Wildman–Crippen MR) is 220 cm³/mol. The topological polar surface area (TPSA) is 70.1 Å². The molecule has 9 aromatic rings. The van der Waals surface area contributed by atoms with Gasteiger partial charge in [0.2, 0.25) is 16.7 Å². The molecule has 55 heavy (non-hydrogen) atoms. The summed E-state index contributed by atoms with van der Waals surface area (Å²) in [5, 5.41) is 11.2. The van der Waals surface area contributed by atoms with Crippen LogP contribution in [0.15, 0.2) is 103 Å². The van der Waals surface area contributed by atoms with Crippen molar-refractivity contribution in [2.24, 2.45) is 0 Å². The van der Waals surface area contributed by atoms with Crippen molar-refractivity contribution in [3.8, 4) is 39.8 Å². The van der Waals surface area contributed by atoms with Crippen LogP contribution in [0.3, 0.4) is 0 Å². The van der Waals surface area contributed by atoms with E-state index in [1.807, 2.05) is 30.3 Å². The van der Waals surface area contributed by atoms with Crippen LogP contribution in [0, 0.1) is 12.1 Å². The Morgan fingerprint density at radius 3 is 2.22 bits per heavy atom. The number of pyridine rings is 2. The maximum absolute atomic E-state index is 6.68. The number of rotatable bonds is 7. The fraction of sp³-hybridized carbons (Fsp3) is 0.217. The third-order valence-corrected chi connectivity index (χ3v) is 11.0. The van der Waals surface area contributed by atoms with Crippen molar-refractivity contribution in [2.75, 3.05) is 0 Å². The quantitative estimate of drug-likeness (QED) is 0.149. The van der Waals surface area contributed by atoms with Gasteiger partial charge in [-0.25, -0.2) is 0 Å². The summed E-state index contributed by atoms with van der Waals surface area (Å²) in [6, 6.07) is 42.4. The monoisotopic (exact) mass is 919 g/mol. The zero-order chi connectivity index (χ0) is 37.3. The van der Waals surface area contributed by atoms with Gasteiger partial charge in [-0.1, -0.05) is 101 Å². The van der Waals surface area contributed by atoms with Gasteiger partial charge < -0.3 is 9.30 Å². The zero-order valence-corrected chi connectivity index (χ0v) is 34.9. The van der Waals surface area contributed by atoms with E-state index in [0.29, 0.717) is 23.6 Å². The number of hydrogen-bond acceptors (Lipinski definition) is 6. The second kappa shape index (κ2) is 14.2. The van der Waals surface area contributed by atoms with Crippen LogP contribution in [0.4, 0.5) is 0 Å². The number of hydrogen-bond donors (Lipinski definition) is 0. The Bertz CT molecular complexity index is 2840. The summed E-state index contributed by atoms with van der Waals surface area (Å²) in [5.74, 6) is 2.52. The standard InChI is InChI=1S/C46H40N6OS.Pt/c1-27(2)32-17-13-18-33(28(3)4)42(32)30-24-36(29-14-9-8-10-15-29)47-41(25-30)53-40-23-21-35-34-16-11-12-19-37(34)51(43(35)48-40)31-20-22-39-38(26-31)52-44(46(5,6)7)49-50-45(52)54-39;/h8-14,16-19,21-28H,1-7H3;/q-2;+2.